The highest BCUT2D eigenvalue weighted by atomic mass is 16.2. The fourth-order valence-corrected chi connectivity index (χ4v) is 0.618. The molecular formula is C6H9N3O. The molecule has 0 aromatic carbocycles. The highest BCUT2D eigenvalue weighted by molar-refractivity contribution is 5.59. The van der Waals surface area contributed by atoms with Gasteiger partial charge in [0, 0.05) is 5.56 Å². The van der Waals surface area contributed by atoms with E-state index in [9.17, 15) is 0 Å². The van der Waals surface area contributed by atoms with Gasteiger partial charge in [-0.2, -0.15) is 5.10 Å². The van der Waals surface area contributed by atoms with E-state index in [1.807, 2.05) is 0 Å². The van der Waals surface area contributed by atoms with Crippen LogP contribution in [0.15, 0.2) is 12.3 Å². The largest absolute Gasteiger partial charge is 0.392 e. The minimum Gasteiger partial charge on any atom is -0.392 e. The molecule has 1 aromatic heterocycles. The highest BCUT2D eigenvalue weighted by Gasteiger charge is 1.92. The first-order valence-corrected chi connectivity index (χ1v) is 2.91. The van der Waals surface area contributed by atoms with Crippen LogP contribution in [0.5, 0.6) is 0 Å². The molecule has 0 bridgehead atoms. The van der Waals surface area contributed by atoms with Crippen molar-refractivity contribution in [2.45, 2.75) is 0 Å². The van der Waals surface area contributed by atoms with Gasteiger partial charge in [0.05, 0.1) is 12.8 Å². The zero-order valence-electron chi connectivity index (χ0n) is 5.41. The van der Waals surface area contributed by atoms with E-state index in [0.29, 0.717) is 5.82 Å². The monoisotopic (exact) mass is 139 g/mol. The molecule has 0 saturated heterocycles. The molecule has 0 atom stereocenters. The molecule has 1 rings (SSSR count). The van der Waals surface area contributed by atoms with Crippen molar-refractivity contribution in [1.29, 1.82) is 0 Å². The Morgan fingerprint density at radius 3 is 3.10 bits per heavy atom. The summed E-state index contributed by atoms with van der Waals surface area (Å²) >= 11 is 0. The van der Waals surface area contributed by atoms with Crippen molar-refractivity contribution >= 4 is 11.9 Å². The standard InChI is InChI=1S/C6H9N3O/c7-6-5(2-1-3-10)4-8-9-6/h1-2,4,10H,3H2,(H3,7,8,9). The Morgan fingerprint density at radius 2 is 2.60 bits per heavy atom. The molecule has 0 spiro atoms. The molecule has 0 saturated carbocycles. The fraction of sp³-hybridized carbons (Fsp3) is 0.167. The number of nitrogens with one attached hydrogen (secondary N) is 1. The molecule has 1 heterocycles. The van der Waals surface area contributed by atoms with Gasteiger partial charge in [-0.25, -0.2) is 0 Å². The third-order valence-corrected chi connectivity index (χ3v) is 1.10. The molecule has 0 fully saturated rings. The van der Waals surface area contributed by atoms with Crippen LogP contribution in [0.2, 0.25) is 0 Å². The third-order valence-electron chi connectivity index (χ3n) is 1.10. The molecule has 4 heteroatoms. The number of aromatic nitrogens is 2. The van der Waals surface area contributed by atoms with E-state index in [1.54, 1.807) is 18.3 Å². The zero-order chi connectivity index (χ0) is 7.40. The second-order valence-electron chi connectivity index (χ2n) is 1.82. The lowest BCUT2D eigenvalue weighted by atomic mass is 10.3. The second-order valence-corrected chi connectivity index (χ2v) is 1.82. The molecule has 0 amide bonds. The molecule has 0 aliphatic rings. The maximum absolute atomic E-state index is 8.40. The second kappa shape index (κ2) is 3.03. The summed E-state index contributed by atoms with van der Waals surface area (Å²) in [6.45, 7) is 0.0185. The summed E-state index contributed by atoms with van der Waals surface area (Å²) in [6.07, 6.45) is 4.90. The summed E-state index contributed by atoms with van der Waals surface area (Å²) in [7, 11) is 0. The van der Waals surface area contributed by atoms with E-state index >= 15 is 0 Å². The predicted octanol–water partition coefficient (Wildman–Crippen LogP) is -0.00260. The Hall–Kier alpha value is -1.29. The molecule has 4 nitrogen and oxygen atoms in total. The van der Waals surface area contributed by atoms with Crippen molar-refractivity contribution in [3.05, 3.63) is 17.8 Å². The summed E-state index contributed by atoms with van der Waals surface area (Å²) in [5.41, 5.74) is 6.23. The van der Waals surface area contributed by atoms with Crippen LogP contribution >= 0.6 is 0 Å². The Bertz CT molecular complexity index is 229. The summed E-state index contributed by atoms with van der Waals surface area (Å²) < 4.78 is 0. The first kappa shape index (κ1) is 6.82. The van der Waals surface area contributed by atoms with E-state index in [-0.39, 0.29) is 6.61 Å². The molecule has 0 aliphatic heterocycles. The Kier molecular flexibility index (Phi) is 2.07. The van der Waals surface area contributed by atoms with Gasteiger partial charge in [-0.1, -0.05) is 12.2 Å². The number of nitrogens with two attached hydrogens (primary N) is 1. The van der Waals surface area contributed by atoms with E-state index < -0.39 is 0 Å². The quantitative estimate of drug-likeness (QED) is 0.539. The van der Waals surface area contributed by atoms with Gasteiger partial charge in [0.25, 0.3) is 0 Å². The van der Waals surface area contributed by atoms with Crippen molar-refractivity contribution in [3.63, 3.8) is 0 Å². The van der Waals surface area contributed by atoms with Crippen molar-refractivity contribution in [2.24, 2.45) is 0 Å². The third kappa shape index (κ3) is 1.35. The minimum absolute atomic E-state index is 0.0185. The summed E-state index contributed by atoms with van der Waals surface area (Å²) in [4.78, 5) is 0. The number of nitrogen functional groups attached to an aromatic ring is 1. The number of anilines is 1. The molecule has 1 aromatic rings. The lowest BCUT2D eigenvalue weighted by molar-refractivity contribution is 0.343. The number of rotatable bonds is 2. The van der Waals surface area contributed by atoms with Crippen LogP contribution in [0.3, 0.4) is 0 Å². The lowest BCUT2D eigenvalue weighted by Crippen LogP contribution is -1.86. The van der Waals surface area contributed by atoms with Crippen LogP contribution < -0.4 is 5.73 Å². The fourth-order valence-electron chi connectivity index (χ4n) is 0.618. The molecule has 54 valence electrons. The van der Waals surface area contributed by atoms with Gasteiger partial charge in [0.15, 0.2) is 0 Å². The van der Waals surface area contributed by atoms with Gasteiger partial charge >= 0.3 is 0 Å². The predicted molar refractivity (Wildman–Crippen MR) is 39.1 cm³/mol. The Balaban J connectivity index is 2.74. The molecule has 10 heavy (non-hydrogen) atoms. The van der Waals surface area contributed by atoms with Crippen molar-refractivity contribution in [1.82, 2.24) is 10.2 Å². The number of hydrogen-bond donors (Lipinski definition) is 3. The van der Waals surface area contributed by atoms with Crippen LogP contribution in [0, 0.1) is 0 Å². The van der Waals surface area contributed by atoms with Gasteiger partial charge in [-0.15, -0.1) is 0 Å². The van der Waals surface area contributed by atoms with Gasteiger partial charge in [-0.05, 0) is 0 Å². The Morgan fingerprint density at radius 1 is 1.80 bits per heavy atom. The van der Waals surface area contributed by atoms with E-state index in [1.165, 1.54) is 0 Å². The van der Waals surface area contributed by atoms with Crippen LogP contribution in [-0.4, -0.2) is 21.9 Å². The van der Waals surface area contributed by atoms with Crippen LogP contribution in [-0.2, 0) is 0 Å². The number of nitrogens with zero attached hydrogens (tertiary/aromatic N) is 1. The molecular weight excluding hydrogens is 130 g/mol. The van der Waals surface area contributed by atoms with E-state index in [4.69, 9.17) is 10.8 Å². The average Bonchev–Trinajstić information content (AvgIpc) is 2.31. The van der Waals surface area contributed by atoms with Crippen LogP contribution in [0.1, 0.15) is 5.56 Å². The van der Waals surface area contributed by atoms with Gasteiger partial charge in [-0.3, -0.25) is 5.10 Å². The molecule has 4 N–H and O–H groups in total. The molecule has 0 aliphatic carbocycles. The summed E-state index contributed by atoms with van der Waals surface area (Å²) in [5.74, 6) is 0.518. The van der Waals surface area contributed by atoms with Crippen LogP contribution in [0.4, 0.5) is 5.82 Å². The normalized spacial score (nSPS) is 10.9. The maximum atomic E-state index is 8.40. The van der Waals surface area contributed by atoms with E-state index in [0.717, 1.165) is 5.56 Å². The number of aromatic amines is 1. The van der Waals surface area contributed by atoms with Crippen molar-refractivity contribution in [2.75, 3.05) is 12.3 Å². The summed E-state index contributed by atoms with van der Waals surface area (Å²) in [6, 6.07) is 0. The Labute approximate surface area is 58.4 Å². The van der Waals surface area contributed by atoms with E-state index in [2.05, 4.69) is 10.2 Å². The van der Waals surface area contributed by atoms with Crippen LogP contribution in [0.25, 0.3) is 6.08 Å². The zero-order valence-corrected chi connectivity index (χ0v) is 5.41. The van der Waals surface area contributed by atoms with Crippen molar-refractivity contribution in [3.8, 4) is 0 Å². The number of hydrogen-bond acceptors (Lipinski definition) is 3. The molecule has 0 unspecified atom stereocenters. The number of H-pyrrole nitrogens is 1. The first-order chi connectivity index (χ1) is 4.84. The smallest absolute Gasteiger partial charge is 0.126 e. The first-order valence-electron chi connectivity index (χ1n) is 2.91. The van der Waals surface area contributed by atoms with Crippen molar-refractivity contribution < 1.29 is 5.11 Å². The highest BCUT2D eigenvalue weighted by Crippen LogP contribution is 2.06. The average molecular weight is 139 g/mol. The van der Waals surface area contributed by atoms with Gasteiger partial charge in [0.2, 0.25) is 0 Å². The van der Waals surface area contributed by atoms with Gasteiger partial charge in [0.1, 0.15) is 5.82 Å². The topological polar surface area (TPSA) is 74.9 Å². The minimum atomic E-state index is 0.0185. The summed E-state index contributed by atoms with van der Waals surface area (Å²) in [5, 5.41) is 14.7. The maximum Gasteiger partial charge on any atom is 0.126 e. The number of aliphatic hydroxyl groups is 1. The molecule has 0 radical (unpaired) electrons. The van der Waals surface area contributed by atoms with Gasteiger partial charge < -0.3 is 10.8 Å². The lowest BCUT2D eigenvalue weighted by Gasteiger charge is -1.85. The number of aliphatic hydroxyl groups excluding tert-OH is 1. The SMILES string of the molecule is Nc1[nH]ncc1C=CCO.